The van der Waals surface area contributed by atoms with Crippen LogP contribution in [0.2, 0.25) is 0 Å². The van der Waals surface area contributed by atoms with E-state index in [9.17, 15) is 9.18 Å². The molecule has 1 aliphatic carbocycles. The summed E-state index contributed by atoms with van der Waals surface area (Å²) in [6, 6.07) is 27.0. The molecule has 4 aromatic rings. The topological polar surface area (TPSA) is 51.9 Å². The highest BCUT2D eigenvalue weighted by atomic mass is 19.1. The Hall–Kier alpha value is -3.73. The van der Waals surface area contributed by atoms with Gasteiger partial charge in [-0.1, -0.05) is 72.8 Å². The molecule has 0 spiro atoms. The molecule has 2 atom stereocenters. The second kappa shape index (κ2) is 9.49. The number of amides is 1. The van der Waals surface area contributed by atoms with Crippen molar-refractivity contribution in [2.24, 2.45) is 11.7 Å². The molecule has 1 heterocycles. The fourth-order valence-corrected chi connectivity index (χ4v) is 6.03. The Morgan fingerprint density at radius 2 is 1.66 bits per heavy atom. The summed E-state index contributed by atoms with van der Waals surface area (Å²) < 4.78 is 18.1. The molecule has 1 aliphatic rings. The number of aromatic nitrogens is 2. The van der Waals surface area contributed by atoms with E-state index in [2.05, 4.69) is 28.5 Å². The van der Waals surface area contributed by atoms with Gasteiger partial charge in [-0.2, -0.15) is 0 Å². The van der Waals surface area contributed by atoms with E-state index in [-0.39, 0.29) is 23.7 Å². The molecule has 3 aromatic carbocycles. The maximum atomic E-state index is 13.7. The third-order valence-corrected chi connectivity index (χ3v) is 7.70. The zero-order valence-electron chi connectivity index (χ0n) is 20.0. The van der Waals surface area contributed by atoms with Crippen molar-refractivity contribution in [3.63, 3.8) is 0 Å². The maximum absolute atomic E-state index is 13.7. The van der Waals surface area contributed by atoms with Gasteiger partial charge in [0.05, 0.1) is 0 Å². The van der Waals surface area contributed by atoms with Crippen molar-refractivity contribution < 1.29 is 13.8 Å². The predicted octanol–water partition coefficient (Wildman–Crippen LogP) is 5.08. The lowest BCUT2D eigenvalue weighted by molar-refractivity contribution is -0.694. The average Bonchev–Trinajstić information content (AvgIpc) is 3.48. The van der Waals surface area contributed by atoms with Crippen LogP contribution < -0.4 is 10.3 Å². The van der Waals surface area contributed by atoms with Crippen molar-refractivity contribution in [3.8, 4) is 0 Å². The van der Waals surface area contributed by atoms with E-state index in [1.54, 1.807) is 12.1 Å². The van der Waals surface area contributed by atoms with Gasteiger partial charge < -0.3 is 5.73 Å². The summed E-state index contributed by atoms with van der Waals surface area (Å²) in [5, 5.41) is 0. The van der Waals surface area contributed by atoms with Gasteiger partial charge in [0.25, 0.3) is 5.82 Å². The highest BCUT2D eigenvalue weighted by molar-refractivity contribution is 5.91. The molecule has 4 nitrogen and oxygen atoms in total. The van der Waals surface area contributed by atoms with Crippen LogP contribution in [-0.2, 0) is 16.8 Å². The fraction of sp³-hybridized carbons (Fsp3) is 0.267. The summed E-state index contributed by atoms with van der Waals surface area (Å²) >= 11 is 0. The SMILES string of the molecule is Cc1n([C@H]2CC[C@@H](C(C(N)=O)(c3ccccc3)c3ccccc3)C2)cc[n+]1Cc1cccc(F)c1. The quantitative estimate of drug-likeness (QED) is 0.378. The van der Waals surface area contributed by atoms with Crippen molar-refractivity contribution >= 4 is 5.91 Å². The number of halogens is 1. The monoisotopic (exact) mass is 468 g/mol. The lowest BCUT2D eigenvalue weighted by atomic mass is 9.64. The van der Waals surface area contributed by atoms with Crippen LogP contribution in [-0.4, -0.2) is 10.5 Å². The van der Waals surface area contributed by atoms with Gasteiger partial charge in [0.1, 0.15) is 36.2 Å². The van der Waals surface area contributed by atoms with E-state index in [0.29, 0.717) is 6.54 Å². The van der Waals surface area contributed by atoms with Crippen LogP contribution in [0, 0.1) is 18.7 Å². The van der Waals surface area contributed by atoms with E-state index in [0.717, 1.165) is 41.8 Å². The third kappa shape index (κ3) is 4.16. The smallest absolute Gasteiger partial charge is 0.253 e. The molecule has 0 aliphatic heterocycles. The summed E-state index contributed by atoms with van der Waals surface area (Å²) in [4.78, 5) is 13.3. The summed E-state index contributed by atoms with van der Waals surface area (Å²) in [7, 11) is 0. The molecule has 1 saturated carbocycles. The molecule has 0 radical (unpaired) electrons. The summed E-state index contributed by atoms with van der Waals surface area (Å²) in [5.41, 5.74) is 8.21. The second-order valence-corrected chi connectivity index (χ2v) is 9.58. The molecular formula is C30H31FN3O+. The van der Waals surface area contributed by atoms with Crippen molar-refractivity contribution in [1.29, 1.82) is 0 Å². The Balaban J connectivity index is 1.47. The number of primary amides is 1. The minimum atomic E-state index is -0.879. The first kappa shape index (κ1) is 23.0. The van der Waals surface area contributed by atoms with E-state index in [1.165, 1.54) is 6.07 Å². The van der Waals surface area contributed by atoms with Crippen LogP contribution in [0.25, 0.3) is 0 Å². The first-order chi connectivity index (χ1) is 17.0. The molecule has 35 heavy (non-hydrogen) atoms. The van der Waals surface area contributed by atoms with Crippen molar-refractivity contribution in [2.75, 3.05) is 0 Å². The van der Waals surface area contributed by atoms with Crippen LogP contribution >= 0.6 is 0 Å². The van der Waals surface area contributed by atoms with Crippen LogP contribution in [0.15, 0.2) is 97.3 Å². The molecule has 5 rings (SSSR count). The molecular weight excluding hydrogens is 437 g/mol. The van der Waals surface area contributed by atoms with Gasteiger partial charge in [0.15, 0.2) is 0 Å². The molecule has 5 heteroatoms. The highest BCUT2D eigenvalue weighted by Crippen LogP contribution is 2.49. The molecule has 178 valence electrons. The first-order valence-corrected chi connectivity index (χ1v) is 12.2. The first-order valence-electron chi connectivity index (χ1n) is 12.2. The van der Waals surface area contributed by atoms with E-state index in [4.69, 9.17) is 5.73 Å². The van der Waals surface area contributed by atoms with Gasteiger partial charge in [-0.25, -0.2) is 13.5 Å². The van der Waals surface area contributed by atoms with E-state index < -0.39 is 5.41 Å². The zero-order valence-corrected chi connectivity index (χ0v) is 20.0. The lowest BCUT2D eigenvalue weighted by Crippen LogP contribution is -2.47. The minimum Gasteiger partial charge on any atom is -0.369 e. The van der Waals surface area contributed by atoms with Gasteiger partial charge in [-0.3, -0.25) is 4.79 Å². The Bertz CT molecular complexity index is 1280. The number of hydrogen-bond donors (Lipinski definition) is 1. The standard InChI is InChI=1S/C30H30FN3O/c1-22-33(21-23-9-8-14-27(31)19-23)17-18-34(22)28-16-15-26(20-28)30(29(32)35,24-10-4-2-5-11-24)25-12-6-3-7-13-25/h2-14,17-19,26,28H,15-16,20-21H2,1H3,(H-,32,35)/p+1/t26-,28+/m1/s1. The molecule has 2 N–H and O–H groups in total. The number of rotatable bonds is 7. The van der Waals surface area contributed by atoms with Gasteiger partial charge in [-0.05, 0) is 54.0 Å². The number of nitrogens with zero attached hydrogens (tertiary/aromatic N) is 2. The fourth-order valence-electron chi connectivity index (χ4n) is 6.03. The Morgan fingerprint density at radius 3 is 2.26 bits per heavy atom. The Morgan fingerprint density at radius 1 is 1.00 bits per heavy atom. The normalized spacial score (nSPS) is 18.0. The molecule has 0 bridgehead atoms. The predicted molar refractivity (Wildman–Crippen MR) is 134 cm³/mol. The minimum absolute atomic E-state index is 0.0771. The van der Waals surface area contributed by atoms with E-state index in [1.807, 2.05) is 66.7 Å². The zero-order chi connectivity index (χ0) is 24.4. The number of carbonyl (C=O) groups excluding carboxylic acids is 1. The van der Waals surface area contributed by atoms with E-state index >= 15 is 0 Å². The summed E-state index contributed by atoms with van der Waals surface area (Å²) in [5.74, 6) is 0.673. The number of benzene rings is 3. The van der Waals surface area contributed by atoms with Crippen molar-refractivity contribution in [3.05, 3.63) is 126 Å². The number of carbonyl (C=O) groups is 1. The van der Waals surface area contributed by atoms with Crippen LogP contribution in [0.3, 0.4) is 0 Å². The van der Waals surface area contributed by atoms with Gasteiger partial charge >= 0.3 is 0 Å². The molecule has 0 saturated heterocycles. The summed E-state index contributed by atoms with van der Waals surface area (Å²) in [6.07, 6.45) is 6.89. The molecule has 0 unspecified atom stereocenters. The second-order valence-electron chi connectivity index (χ2n) is 9.58. The van der Waals surface area contributed by atoms with Gasteiger partial charge in [0.2, 0.25) is 5.91 Å². The average molecular weight is 469 g/mol. The summed E-state index contributed by atoms with van der Waals surface area (Å²) in [6.45, 7) is 2.72. The Labute approximate surface area is 205 Å². The van der Waals surface area contributed by atoms with Crippen LogP contribution in [0.1, 0.15) is 47.8 Å². The Kier molecular flexibility index (Phi) is 6.25. The number of nitrogens with two attached hydrogens (primary N) is 1. The molecule has 1 aromatic heterocycles. The van der Waals surface area contributed by atoms with Crippen LogP contribution in [0.5, 0.6) is 0 Å². The van der Waals surface area contributed by atoms with Crippen LogP contribution in [0.4, 0.5) is 4.39 Å². The van der Waals surface area contributed by atoms with Crippen molar-refractivity contribution in [2.45, 2.75) is 44.2 Å². The number of hydrogen-bond acceptors (Lipinski definition) is 1. The maximum Gasteiger partial charge on any atom is 0.253 e. The van der Waals surface area contributed by atoms with Gasteiger partial charge in [0, 0.05) is 6.92 Å². The lowest BCUT2D eigenvalue weighted by Gasteiger charge is -2.37. The van der Waals surface area contributed by atoms with Gasteiger partial charge in [-0.15, -0.1) is 0 Å². The largest absolute Gasteiger partial charge is 0.369 e. The molecule has 1 amide bonds. The number of imidazole rings is 1. The highest BCUT2D eigenvalue weighted by Gasteiger charge is 2.51. The molecule has 1 fully saturated rings. The third-order valence-electron chi connectivity index (χ3n) is 7.70. The van der Waals surface area contributed by atoms with Crippen molar-refractivity contribution in [1.82, 2.24) is 4.57 Å².